The molecule has 1 fully saturated rings. The summed E-state index contributed by atoms with van der Waals surface area (Å²) in [6, 6.07) is 2.23. The molecule has 2 rings (SSSR count). The van der Waals surface area contributed by atoms with Crippen LogP contribution >= 0.6 is 11.6 Å². The molecule has 1 aliphatic heterocycles. The second-order valence-electron chi connectivity index (χ2n) is 7.11. The van der Waals surface area contributed by atoms with E-state index in [1.54, 1.807) is 20.8 Å². The van der Waals surface area contributed by atoms with E-state index in [9.17, 15) is 26.4 Å². The van der Waals surface area contributed by atoms with Crippen molar-refractivity contribution >= 4 is 27.7 Å². The maximum atomic E-state index is 13.2. The highest BCUT2D eigenvalue weighted by molar-refractivity contribution is 7.89. The van der Waals surface area contributed by atoms with Gasteiger partial charge in [-0.25, -0.2) is 13.2 Å². The lowest BCUT2D eigenvalue weighted by Crippen LogP contribution is -2.41. The molecule has 1 N–H and O–H groups in total. The molecule has 1 aromatic carbocycles. The average molecular weight is 429 g/mol. The molecule has 152 valence electrons. The predicted molar refractivity (Wildman–Crippen MR) is 93.0 cm³/mol. The van der Waals surface area contributed by atoms with Gasteiger partial charge in [0.2, 0.25) is 10.0 Å². The number of carbonyl (C=O) groups is 1. The van der Waals surface area contributed by atoms with Crippen molar-refractivity contribution in [3.8, 4) is 0 Å². The highest BCUT2D eigenvalue weighted by atomic mass is 35.5. The second-order valence-corrected chi connectivity index (χ2v) is 9.39. The first-order chi connectivity index (χ1) is 12.2. The van der Waals surface area contributed by atoms with Crippen LogP contribution in [0, 0.1) is 0 Å². The number of benzene rings is 1. The maximum absolute atomic E-state index is 13.2. The number of carbonyl (C=O) groups excluding carboxylic acids is 1. The van der Waals surface area contributed by atoms with E-state index in [-0.39, 0.29) is 19.5 Å². The molecule has 1 unspecified atom stereocenters. The fourth-order valence-corrected chi connectivity index (χ4v) is 4.89. The summed E-state index contributed by atoms with van der Waals surface area (Å²) < 4.78 is 71.3. The molecular weight excluding hydrogens is 409 g/mol. The predicted octanol–water partition coefficient (Wildman–Crippen LogP) is 3.65. The molecule has 0 radical (unpaired) electrons. The molecule has 11 heteroatoms. The normalized spacial score (nSPS) is 19.1. The van der Waals surface area contributed by atoms with E-state index in [1.807, 2.05) is 0 Å². The molecule has 1 aliphatic rings. The summed E-state index contributed by atoms with van der Waals surface area (Å²) in [7, 11) is -4.50. The largest absolute Gasteiger partial charge is 0.444 e. The Balaban J connectivity index is 2.22. The van der Waals surface area contributed by atoms with E-state index in [4.69, 9.17) is 16.3 Å². The van der Waals surface area contributed by atoms with Gasteiger partial charge in [0.25, 0.3) is 0 Å². The van der Waals surface area contributed by atoms with Crippen LogP contribution in [0.25, 0.3) is 0 Å². The van der Waals surface area contributed by atoms with Crippen molar-refractivity contribution in [3.05, 3.63) is 28.8 Å². The Morgan fingerprint density at radius 2 is 1.93 bits per heavy atom. The molecule has 1 saturated heterocycles. The van der Waals surface area contributed by atoms with Gasteiger partial charge in [-0.15, -0.1) is 0 Å². The van der Waals surface area contributed by atoms with Crippen LogP contribution in [0.4, 0.5) is 18.0 Å². The van der Waals surface area contributed by atoms with Gasteiger partial charge in [0, 0.05) is 19.1 Å². The summed E-state index contributed by atoms with van der Waals surface area (Å²) in [4.78, 5) is 10.8. The van der Waals surface area contributed by atoms with Crippen molar-refractivity contribution in [2.45, 2.75) is 49.9 Å². The van der Waals surface area contributed by atoms with Crippen molar-refractivity contribution < 1.29 is 31.1 Å². The molecule has 0 bridgehead atoms. The van der Waals surface area contributed by atoms with Gasteiger partial charge in [-0.05, 0) is 39.3 Å². The minimum Gasteiger partial charge on any atom is -0.444 e. The van der Waals surface area contributed by atoms with Crippen LogP contribution in [-0.2, 0) is 20.9 Å². The Bertz CT molecular complexity index is 822. The number of alkyl halides is 3. The van der Waals surface area contributed by atoms with Gasteiger partial charge in [-0.3, -0.25) is 0 Å². The SMILES string of the molecule is CC(C)(C)OC(=O)NC1CCN(S(=O)(=O)c2c(Cl)cccc2C(F)(F)F)C1. The summed E-state index contributed by atoms with van der Waals surface area (Å²) >= 11 is 5.80. The van der Waals surface area contributed by atoms with E-state index in [1.165, 1.54) is 0 Å². The molecule has 27 heavy (non-hydrogen) atoms. The van der Waals surface area contributed by atoms with E-state index < -0.39 is 49.4 Å². The summed E-state index contributed by atoms with van der Waals surface area (Å²) in [5.41, 5.74) is -2.05. The van der Waals surface area contributed by atoms with Gasteiger partial charge in [0.1, 0.15) is 10.5 Å². The van der Waals surface area contributed by atoms with Crippen molar-refractivity contribution in [2.24, 2.45) is 0 Å². The molecule has 6 nitrogen and oxygen atoms in total. The summed E-state index contributed by atoms with van der Waals surface area (Å²) in [6.45, 7) is 4.80. The lowest BCUT2D eigenvalue weighted by Gasteiger charge is -2.22. The zero-order chi connectivity index (χ0) is 20.6. The summed E-state index contributed by atoms with van der Waals surface area (Å²) in [5.74, 6) is 0. The lowest BCUT2D eigenvalue weighted by atomic mass is 10.2. The number of hydrogen-bond acceptors (Lipinski definition) is 4. The number of amides is 1. The van der Waals surface area contributed by atoms with Gasteiger partial charge in [-0.2, -0.15) is 17.5 Å². The number of rotatable bonds is 3. The fourth-order valence-electron chi connectivity index (χ4n) is 2.66. The molecule has 1 aromatic rings. The highest BCUT2D eigenvalue weighted by Crippen LogP contribution is 2.39. The third-order valence-corrected chi connectivity index (χ3v) is 6.14. The van der Waals surface area contributed by atoms with Crippen LogP contribution in [-0.4, -0.2) is 43.5 Å². The van der Waals surface area contributed by atoms with Crippen LogP contribution < -0.4 is 5.32 Å². The summed E-state index contributed by atoms with van der Waals surface area (Å²) in [5, 5.41) is 2.02. The van der Waals surface area contributed by atoms with Crippen LogP contribution in [0.5, 0.6) is 0 Å². The zero-order valence-electron chi connectivity index (χ0n) is 14.9. The van der Waals surface area contributed by atoms with Gasteiger partial charge < -0.3 is 10.1 Å². The van der Waals surface area contributed by atoms with Crippen LogP contribution in [0.2, 0.25) is 5.02 Å². The molecule has 1 amide bonds. The van der Waals surface area contributed by atoms with E-state index in [0.717, 1.165) is 16.4 Å². The number of ether oxygens (including phenoxy) is 1. The van der Waals surface area contributed by atoms with Crippen LogP contribution in [0.15, 0.2) is 23.1 Å². The minimum atomic E-state index is -4.87. The Hall–Kier alpha value is -1.52. The first kappa shape index (κ1) is 21.8. The van der Waals surface area contributed by atoms with Crippen molar-refractivity contribution in [1.29, 1.82) is 0 Å². The monoisotopic (exact) mass is 428 g/mol. The van der Waals surface area contributed by atoms with Crippen LogP contribution in [0.1, 0.15) is 32.8 Å². The molecule has 0 saturated carbocycles. The second kappa shape index (κ2) is 7.48. The molecule has 1 atom stereocenters. The van der Waals surface area contributed by atoms with Gasteiger partial charge in [0.15, 0.2) is 0 Å². The van der Waals surface area contributed by atoms with E-state index in [2.05, 4.69) is 5.32 Å². The lowest BCUT2D eigenvalue weighted by molar-refractivity contribution is -0.139. The van der Waals surface area contributed by atoms with E-state index >= 15 is 0 Å². The number of nitrogens with zero attached hydrogens (tertiary/aromatic N) is 1. The van der Waals surface area contributed by atoms with E-state index in [0.29, 0.717) is 6.07 Å². The van der Waals surface area contributed by atoms with Crippen molar-refractivity contribution in [3.63, 3.8) is 0 Å². The Labute approximate surface area is 160 Å². The highest BCUT2D eigenvalue weighted by Gasteiger charge is 2.42. The summed E-state index contributed by atoms with van der Waals surface area (Å²) in [6.07, 6.45) is -5.36. The number of sulfonamides is 1. The molecule has 0 aliphatic carbocycles. The minimum absolute atomic E-state index is 0.0503. The first-order valence-electron chi connectivity index (χ1n) is 8.07. The van der Waals surface area contributed by atoms with Crippen molar-refractivity contribution in [2.75, 3.05) is 13.1 Å². The number of alkyl carbamates (subject to hydrolysis) is 1. The quantitative estimate of drug-likeness (QED) is 0.797. The van der Waals surface area contributed by atoms with Gasteiger partial charge in [-0.1, -0.05) is 17.7 Å². The Morgan fingerprint density at radius 1 is 1.30 bits per heavy atom. The number of nitrogens with one attached hydrogen (secondary N) is 1. The number of halogens is 4. The first-order valence-corrected chi connectivity index (χ1v) is 9.89. The van der Waals surface area contributed by atoms with Crippen LogP contribution in [0.3, 0.4) is 0 Å². The van der Waals surface area contributed by atoms with Crippen molar-refractivity contribution in [1.82, 2.24) is 9.62 Å². The maximum Gasteiger partial charge on any atom is 0.417 e. The molecule has 0 spiro atoms. The Morgan fingerprint density at radius 3 is 2.48 bits per heavy atom. The molecular formula is C16H20ClF3N2O4S. The third-order valence-electron chi connectivity index (χ3n) is 3.74. The zero-order valence-corrected chi connectivity index (χ0v) is 16.5. The third kappa shape index (κ3) is 5.26. The Kier molecular flexibility index (Phi) is 6.03. The molecule has 1 heterocycles. The number of hydrogen-bond donors (Lipinski definition) is 1. The smallest absolute Gasteiger partial charge is 0.417 e. The topological polar surface area (TPSA) is 75.7 Å². The van der Waals surface area contributed by atoms with Gasteiger partial charge in [0.05, 0.1) is 10.6 Å². The average Bonchev–Trinajstić information content (AvgIpc) is 2.92. The standard InChI is InChI=1S/C16H20ClF3N2O4S/c1-15(2,3)26-14(23)21-10-7-8-22(9-10)27(24,25)13-11(16(18,19)20)5-4-6-12(13)17/h4-6,10H,7-9H2,1-3H3,(H,21,23). The molecule has 0 aromatic heterocycles. The van der Waals surface area contributed by atoms with Gasteiger partial charge >= 0.3 is 12.3 Å². The fraction of sp³-hybridized carbons (Fsp3) is 0.562.